The second-order valence-electron chi connectivity index (χ2n) is 4.89. The summed E-state index contributed by atoms with van der Waals surface area (Å²) in [5, 5.41) is 11.7. The quantitative estimate of drug-likeness (QED) is 0.845. The summed E-state index contributed by atoms with van der Waals surface area (Å²) in [7, 11) is 1.59. The molecule has 1 atom stereocenters. The van der Waals surface area contributed by atoms with Crippen molar-refractivity contribution in [1.29, 1.82) is 0 Å². The van der Waals surface area contributed by atoms with E-state index < -0.39 is 11.9 Å². The Bertz CT molecular complexity index is 516. The van der Waals surface area contributed by atoms with E-state index in [0.29, 0.717) is 12.2 Å². The summed E-state index contributed by atoms with van der Waals surface area (Å²) < 4.78 is 5.16. The lowest BCUT2D eigenvalue weighted by Crippen LogP contribution is -2.39. The van der Waals surface area contributed by atoms with Crippen molar-refractivity contribution < 1.29 is 19.4 Å². The van der Waals surface area contributed by atoms with Gasteiger partial charge in [-0.15, -0.1) is 0 Å². The number of benzene rings is 1. The van der Waals surface area contributed by atoms with Crippen molar-refractivity contribution in [3.8, 4) is 5.75 Å². The van der Waals surface area contributed by atoms with Gasteiger partial charge >= 0.3 is 12.0 Å². The molecule has 6 heteroatoms. The Balaban J connectivity index is 2.74. The van der Waals surface area contributed by atoms with E-state index in [-0.39, 0.29) is 12.6 Å². The highest BCUT2D eigenvalue weighted by Crippen LogP contribution is 2.21. The second-order valence-corrected chi connectivity index (χ2v) is 4.89. The normalized spacial score (nSPS) is 11.6. The van der Waals surface area contributed by atoms with E-state index in [1.54, 1.807) is 26.2 Å². The molecular formula is C15H22N2O4. The van der Waals surface area contributed by atoms with Crippen molar-refractivity contribution in [1.82, 2.24) is 4.90 Å². The number of carbonyl (C=O) groups is 2. The van der Waals surface area contributed by atoms with Crippen molar-refractivity contribution in [3.05, 3.63) is 23.8 Å². The molecule has 2 N–H and O–H groups in total. The predicted molar refractivity (Wildman–Crippen MR) is 80.8 cm³/mol. The van der Waals surface area contributed by atoms with Crippen molar-refractivity contribution in [2.45, 2.75) is 20.8 Å². The average Bonchev–Trinajstić information content (AvgIpc) is 2.44. The first-order valence-electron chi connectivity index (χ1n) is 6.82. The number of hydrogen-bond donors (Lipinski definition) is 2. The van der Waals surface area contributed by atoms with Crippen LogP contribution in [0.4, 0.5) is 10.5 Å². The summed E-state index contributed by atoms with van der Waals surface area (Å²) >= 11 is 0. The van der Waals surface area contributed by atoms with Gasteiger partial charge in [0, 0.05) is 18.8 Å². The van der Waals surface area contributed by atoms with Crippen molar-refractivity contribution in [3.63, 3.8) is 0 Å². The molecule has 0 radical (unpaired) electrons. The van der Waals surface area contributed by atoms with Gasteiger partial charge in [0.2, 0.25) is 0 Å². The lowest BCUT2D eigenvalue weighted by atomic mass is 10.1. The van der Waals surface area contributed by atoms with Gasteiger partial charge in [-0.1, -0.05) is 6.92 Å². The molecule has 1 aromatic rings. The van der Waals surface area contributed by atoms with Gasteiger partial charge in [0.1, 0.15) is 5.75 Å². The summed E-state index contributed by atoms with van der Waals surface area (Å²) in [6, 6.07) is 5.03. The molecular weight excluding hydrogens is 272 g/mol. The molecule has 1 rings (SSSR count). The Morgan fingerprint density at radius 1 is 1.43 bits per heavy atom. The van der Waals surface area contributed by atoms with Gasteiger partial charge in [-0.3, -0.25) is 4.79 Å². The van der Waals surface area contributed by atoms with Crippen LogP contribution in [0.5, 0.6) is 5.75 Å². The summed E-state index contributed by atoms with van der Waals surface area (Å²) in [4.78, 5) is 24.5. The Morgan fingerprint density at radius 3 is 2.57 bits per heavy atom. The monoisotopic (exact) mass is 294 g/mol. The minimum atomic E-state index is -0.915. The number of hydrogen-bond acceptors (Lipinski definition) is 3. The van der Waals surface area contributed by atoms with Crippen molar-refractivity contribution in [2.24, 2.45) is 5.92 Å². The molecule has 0 saturated heterocycles. The minimum absolute atomic E-state index is 0.173. The maximum absolute atomic E-state index is 12.2. The number of nitrogens with zero attached hydrogens (tertiary/aromatic N) is 1. The fraction of sp³-hybridized carbons (Fsp3) is 0.467. The van der Waals surface area contributed by atoms with Crippen LogP contribution in [0, 0.1) is 12.8 Å². The third kappa shape index (κ3) is 4.66. The Morgan fingerprint density at radius 2 is 2.10 bits per heavy atom. The third-order valence-corrected chi connectivity index (χ3v) is 3.23. The van der Waals surface area contributed by atoms with E-state index in [0.717, 1.165) is 11.3 Å². The number of aliphatic carboxylic acids is 1. The second kappa shape index (κ2) is 7.52. The number of urea groups is 1. The predicted octanol–water partition coefficient (Wildman–Crippen LogP) is 2.58. The number of carbonyl (C=O) groups excluding carboxylic acids is 1. The van der Waals surface area contributed by atoms with Crippen LogP contribution in [0.3, 0.4) is 0 Å². The summed E-state index contributed by atoms with van der Waals surface area (Å²) in [5.41, 5.74) is 1.57. The van der Waals surface area contributed by atoms with Gasteiger partial charge in [0.15, 0.2) is 0 Å². The van der Waals surface area contributed by atoms with E-state index in [1.807, 2.05) is 19.9 Å². The van der Waals surface area contributed by atoms with Crippen LogP contribution in [0.15, 0.2) is 18.2 Å². The highest BCUT2D eigenvalue weighted by molar-refractivity contribution is 5.89. The lowest BCUT2D eigenvalue weighted by Gasteiger charge is -2.23. The van der Waals surface area contributed by atoms with Crippen molar-refractivity contribution in [2.75, 3.05) is 25.5 Å². The number of nitrogens with one attached hydrogen (secondary N) is 1. The highest BCUT2D eigenvalue weighted by Gasteiger charge is 2.19. The zero-order valence-corrected chi connectivity index (χ0v) is 12.8. The number of rotatable bonds is 6. The first kappa shape index (κ1) is 16.8. The maximum Gasteiger partial charge on any atom is 0.321 e. The molecule has 2 amide bonds. The van der Waals surface area contributed by atoms with Crippen LogP contribution in [0.25, 0.3) is 0 Å². The minimum Gasteiger partial charge on any atom is -0.496 e. The zero-order valence-electron chi connectivity index (χ0n) is 12.8. The maximum atomic E-state index is 12.2. The molecule has 116 valence electrons. The number of carboxylic acid groups (broad SMARTS) is 1. The van der Waals surface area contributed by atoms with Gasteiger partial charge in [-0.2, -0.15) is 0 Å². The van der Waals surface area contributed by atoms with Crippen LogP contribution in [-0.4, -0.2) is 42.2 Å². The van der Waals surface area contributed by atoms with E-state index in [4.69, 9.17) is 9.84 Å². The van der Waals surface area contributed by atoms with E-state index in [9.17, 15) is 9.59 Å². The fourth-order valence-corrected chi connectivity index (χ4v) is 1.92. The summed E-state index contributed by atoms with van der Waals surface area (Å²) in [6.45, 7) is 5.90. The van der Waals surface area contributed by atoms with Gasteiger partial charge in [0.25, 0.3) is 0 Å². The molecule has 1 unspecified atom stereocenters. The van der Waals surface area contributed by atoms with Gasteiger partial charge < -0.3 is 20.1 Å². The van der Waals surface area contributed by atoms with Crippen LogP contribution >= 0.6 is 0 Å². The van der Waals surface area contributed by atoms with Gasteiger partial charge in [-0.25, -0.2) is 4.79 Å². The molecule has 0 fully saturated rings. The highest BCUT2D eigenvalue weighted by atomic mass is 16.5. The largest absolute Gasteiger partial charge is 0.496 e. The zero-order chi connectivity index (χ0) is 16.0. The molecule has 0 spiro atoms. The fourth-order valence-electron chi connectivity index (χ4n) is 1.92. The molecule has 0 aromatic heterocycles. The van der Waals surface area contributed by atoms with Crippen LogP contribution in [0.1, 0.15) is 19.4 Å². The Hall–Kier alpha value is -2.24. The third-order valence-electron chi connectivity index (χ3n) is 3.23. The van der Waals surface area contributed by atoms with E-state index in [1.165, 1.54) is 4.90 Å². The molecule has 6 nitrogen and oxygen atoms in total. The van der Waals surface area contributed by atoms with Gasteiger partial charge in [-0.05, 0) is 37.6 Å². The molecule has 0 aliphatic rings. The molecule has 1 aromatic carbocycles. The number of methoxy groups -OCH3 is 1. The molecule has 21 heavy (non-hydrogen) atoms. The summed E-state index contributed by atoms with van der Waals surface area (Å²) in [5.74, 6) is -0.769. The number of anilines is 1. The molecule has 0 bridgehead atoms. The molecule has 0 heterocycles. The lowest BCUT2D eigenvalue weighted by molar-refractivity contribution is -0.141. The molecule has 0 aliphatic carbocycles. The Kier molecular flexibility index (Phi) is 6.02. The van der Waals surface area contributed by atoms with Gasteiger partial charge in [0.05, 0.1) is 13.0 Å². The smallest absolute Gasteiger partial charge is 0.321 e. The van der Waals surface area contributed by atoms with Crippen LogP contribution < -0.4 is 10.1 Å². The molecule has 0 saturated carbocycles. The SMILES string of the molecule is CCN(CC(C)C(=O)O)C(=O)Nc1ccc(OC)c(C)c1. The van der Waals surface area contributed by atoms with Crippen LogP contribution in [0.2, 0.25) is 0 Å². The number of amides is 2. The van der Waals surface area contributed by atoms with Crippen molar-refractivity contribution >= 4 is 17.7 Å². The standard InChI is InChI=1S/C15H22N2O4/c1-5-17(9-11(3)14(18)19)15(20)16-12-6-7-13(21-4)10(2)8-12/h6-8,11H,5,9H2,1-4H3,(H,16,20)(H,18,19). The number of ether oxygens (including phenoxy) is 1. The Labute approximate surface area is 124 Å². The number of carboxylic acids is 1. The van der Waals surface area contributed by atoms with Crippen LogP contribution in [-0.2, 0) is 4.79 Å². The summed E-state index contributed by atoms with van der Waals surface area (Å²) in [6.07, 6.45) is 0. The topological polar surface area (TPSA) is 78.9 Å². The van der Waals surface area contributed by atoms with E-state index >= 15 is 0 Å². The average molecular weight is 294 g/mol. The first-order chi connectivity index (χ1) is 9.88. The molecule has 0 aliphatic heterocycles. The first-order valence-corrected chi connectivity index (χ1v) is 6.82. The van der Waals surface area contributed by atoms with E-state index in [2.05, 4.69) is 5.32 Å². The number of aryl methyl sites for hydroxylation is 1.